The lowest BCUT2D eigenvalue weighted by atomic mass is 10.1. The van der Waals surface area contributed by atoms with Crippen molar-refractivity contribution >= 4 is 11.7 Å². The standard InChI is InChI=1S/C12H16N2O2/c13-11(12(15)16)9-3-5-10(6-4-9)14-7-1-2-8-14/h3-6,11H,1-2,7-8,13H2,(H,15,16). The molecule has 1 saturated heterocycles. The lowest BCUT2D eigenvalue weighted by molar-refractivity contribution is -0.138. The topological polar surface area (TPSA) is 66.6 Å². The predicted octanol–water partition coefficient (Wildman–Crippen LogP) is 1.37. The smallest absolute Gasteiger partial charge is 0.325 e. The van der Waals surface area contributed by atoms with Gasteiger partial charge in [-0.2, -0.15) is 0 Å². The maximum atomic E-state index is 10.7. The highest BCUT2D eigenvalue weighted by Crippen LogP contribution is 2.22. The Bertz CT molecular complexity index is 369. The molecule has 1 aliphatic heterocycles. The monoisotopic (exact) mass is 220 g/mol. The molecular formula is C12H16N2O2. The van der Waals surface area contributed by atoms with Gasteiger partial charge in [-0.15, -0.1) is 0 Å². The minimum Gasteiger partial charge on any atom is -0.480 e. The van der Waals surface area contributed by atoms with Gasteiger partial charge in [-0.25, -0.2) is 0 Å². The lowest BCUT2D eigenvalue weighted by Gasteiger charge is -2.18. The molecular weight excluding hydrogens is 204 g/mol. The number of carboxylic acid groups (broad SMARTS) is 1. The predicted molar refractivity (Wildman–Crippen MR) is 62.5 cm³/mol. The van der Waals surface area contributed by atoms with E-state index in [9.17, 15) is 4.79 Å². The number of nitrogens with two attached hydrogens (primary N) is 1. The van der Waals surface area contributed by atoms with Crippen LogP contribution in [0.2, 0.25) is 0 Å². The van der Waals surface area contributed by atoms with Crippen LogP contribution in [0.3, 0.4) is 0 Å². The highest BCUT2D eigenvalue weighted by Gasteiger charge is 2.15. The molecule has 4 nitrogen and oxygen atoms in total. The van der Waals surface area contributed by atoms with Gasteiger partial charge in [-0.1, -0.05) is 12.1 Å². The lowest BCUT2D eigenvalue weighted by Crippen LogP contribution is -2.21. The molecule has 1 unspecified atom stereocenters. The van der Waals surface area contributed by atoms with E-state index in [1.54, 1.807) is 12.1 Å². The second-order valence-electron chi connectivity index (χ2n) is 4.10. The molecule has 0 aromatic heterocycles. The first-order valence-corrected chi connectivity index (χ1v) is 5.52. The first-order chi connectivity index (χ1) is 7.68. The molecule has 0 radical (unpaired) electrons. The summed E-state index contributed by atoms with van der Waals surface area (Å²) in [6.45, 7) is 2.18. The van der Waals surface area contributed by atoms with Crippen LogP contribution in [0.15, 0.2) is 24.3 Å². The fourth-order valence-corrected chi connectivity index (χ4v) is 2.01. The van der Waals surface area contributed by atoms with Gasteiger partial charge in [0.2, 0.25) is 0 Å². The molecule has 0 amide bonds. The van der Waals surface area contributed by atoms with Crippen molar-refractivity contribution in [3.63, 3.8) is 0 Å². The van der Waals surface area contributed by atoms with Crippen LogP contribution in [0.4, 0.5) is 5.69 Å². The molecule has 0 spiro atoms. The highest BCUT2D eigenvalue weighted by atomic mass is 16.4. The van der Waals surface area contributed by atoms with Gasteiger partial charge < -0.3 is 15.7 Å². The fraction of sp³-hybridized carbons (Fsp3) is 0.417. The summed E-state index contributed by atoms with van der Waals surface area (Å²) in [7, 11) is 0. The number of benzene rings is 1. The average Bonchev–Trinajstić information content (AvgIpc) is 2.81. The van der Waals surface area contributed by atoms with E-state index in [0.717, 1.165) is 18.8 Å². The van der Waals surface area contributed by atoms with Crippen LogP contribution in [0, 0.1) is 0 Å². The molecule has 2 rings (SSSR count). The van der Waals surface area contributed by atoms with Crippen molar-refractivity contribution in [1.29, 1.82) is 0 Å². The molecule has 1 fully saturated rings. The van der Waals surface area contributed by atoms with Crippen molar-refractivity contribution in [3.8, 4) is 0 Å². The minimum absolute atomic E-state index is 0.649. The van der Waals surface area contributed by atoms with Crippen LogP contribution in [-0.4, -0.2) is 24.2 Å². The first kappa shape index (κ1) is 11.0. The number of hydrogen-bond acceptors (Lipinski definition) is 3. The van der Waals surface area contributed by atoms with Crippen LogP contribution in [-0.2, 0) is 4.79 Å². The van der Waals surface area contributed by atoms with E-state index < -0.39 is 12.0 Å². The molecule has 1 heterocycles. The van der Waals surface area contributed by atoms with Crippen molar-refractivity contribution in [2.75, 3.05) is 18.0 Å². The third-order valence-corrected chi connectivity index (χ3v) is 2.99. The number of nitrogens with zero attached hydrogens (tertiary/aromatic N) is 1. The van der Waals surface area contributed by atoms with Gasteiger partial charge in [0.1, 0.15) is 6.04 Å². The third-order valence-electron chi connectivity index (χ3n) is 2.99. The number of rotatable bonds is 3. The largest absolute Gasteiger partial charge is 0.480 e. The first-order valence-electron chi connectivity index (χ1n) is 5.52. The molecule has 1 aliphatic rings. The zero-order valence-corrected chi connectivity index (χ0v) is 9.10. The quantitative estimate of drug-likeness (QED) is 0.807. The maximum absolute atomic E-state index is 10.7. The van der Waals surface area contributed by atoms with Gasteiger partial charge in [-0.3, -0.25) is 4.79 Å². The summed E-state index contributed by atoms with van der Waals surface area (Å²) < 4.78 is 0. The van der Waals surface area contributed by atoms with Crippen molar-refractivity contribution in [1.82, 2.24) is 0 Å². The summed E-state index contributed by atoms with van der Waals surface area (Å²) >= 11 is 0. The Morgan fingerprint density at radius 1 is 1.25 bits per heavy atom. The van der Waals surface area contributed by atoms with Gasteiger partial charge in [0, 0.05) is 18.8 Å². The molecule has 0 aliphatic carbocycles. The second kappa shape index (κ2) is 4.53. The Morgan fingerprint density at radius 2 is 1.81 bits per heavy atom. The molecule has 1 aromatic carbocycles. The van der Waals surface area contributed by atoms with Crippen molar-refractivity contribution < 1.29 is 9.90 Å². The number of hydrogen-bond donors (Lipinski definition) is 2. The molecule has 0 saturated carbocycles. The SMILES string of the molecule is NC(C(=O)O)c1ccc(N2CCCC2)cc1. The van der Waals surface area contributed by atoms with Crippen LogP contribution < -0.4 is 10.6 Å². The Kier molecular flexibility index (Phi) is 3.10. The average molecular weight is 220 g/mol. The minimum atomic E-state index is -0.992. The summed E-state index contributed by atoms with van der Waals surface area (Å²) in [5.41, 5.74) is 7.33. The Hall–Kier alpha value is -1.55. The van der Waals surface area contributed by atoms with Crippen molar-refractivity contribution in [2.24, 2.45) is 5.73 Å². The van der Waals surface area contributed by atoms with Crippen LogP contribution in [0.1, 0.15) is 24.4 Å². The van der Waals surface area contributed by atoms with Crippen LogP contribution >= 0.6 is 0 Å². The van der Waals surface area contributed by atoms with E-state index in [1.165, 1.54) is 12.8 Å². The Balaban J connectivity index is 2.12. The number of anilines is 1. The highest BCUT2D eigenvalue weighted by molar-refractivity contribution is 5.75. The second-order valence-corrected chi connectivity index (χ2v) is 4.10. The van der Waals surface area contributed by atoms with Crippen molar-refractivity contribution in [3.05, 3.63) is 29.8 Å². The molecule has 16 heavy (non-hydrogen) atoms. The van der Waals surface area contributed by atoms with E-state index in [-0.39, 0.29) is 0 Å². The molecule has 86 valence electrons. The summed E-state index contributed by atoms with van der Waals surface area (Å²) in [5, 5.41) is 8.78. The van der Waals surface area contributed by atoms with Crippen LogP contribution in [0.5, 0.6) is 0 Å². The van der Waals surface area contributed by atoms with Gasteiger partial charge in [-0.05, 0) is 30.5 Å². The molecule has 4 heteroatoms. The molecule has 1 aromatic rings. The number of carboxylic acids is 1. The zero-order chi connectivity index (χ0) is 11.5. The van der Waals surface area contributed by atoms with Gasteiger partial charge >= 0.3 is 5.97 Å². The number of carbonyl (C=O) groups is 1. The zero-order valence-electron chi connectivity index (χ0n) is 9.10. The number of aliphatic carboxylic acids is 1. The summed E-state index contributed by atoms with van der Waals surface area (Å²) in [4.78, 5) is 13.0. The Labute approximate surface area is 94.7 Å². The molecule has 0 bridgehead atoms. The third kappa shape index (κ3) is 2.17. The van der Waals surface area contributed by atoms with Crippen LogP contribution in [0.25, 0.3) is 0 Å². The Morgan fingerprint density at radius 3 is 2.31 bits per heavy atom. The van der Waals surface area contributed by atoms with Crippen molar-refractivity contribution in [2.45, 2.75) is 18.9 Å². The molecule has 1 atom stereocenters. The van der Waals surface area contributed by atoms with E-state index in [2.05, 4.69) is 4.90 Å². The van der Waals surface area contributed by atoms with E-state index in [1.807, 2.05) is 12.1 Å². The summed E-state index contributed by atoms with van der Waals surface area (Å²) in [6.07, 6.45) is 2.47. The normalized spacial score (nSPS) is 17.4. The van der Waals surface area contributed by atoms with E-state index in [4.69, 9.17) is 10.8 Å². The van der Waals surface area contributed by atoms with Gasteiger partial charge in [0.15, 0.2) is 0 Å². The summed E-state index contributed by atoms with van der Waals surface area (Å²) in [6, 6.07) is 6.57. The molecule has 3 N–H and O–H groups in total. The van der Waals surface area contributed by atoms with Gasteiger partial charge in [0.25, 0.3) is 0 Å². The fourth-order valence-electron chi connectivity index (χ4n) is 2.01. The van der Waals surface area contributed by atoms with E-state index >= 15 is 0 Å². The van der Waals surface area contributed by atoms with Gasteiger partial charge in [0.05, 0.1) is 0 Å². The van der Waals surface area contributed by atoms with E-state index in [0.29, 0.717) is 5.56 Å². The maximum Gasteiger partial charge on any atom is 0.325 e. The summed E-state index contributed by atoms with van der Waals surface area (Å²) in [5.74, 6) is -0.992.